The average Bonchev–Trinajstić information content (AvgIpc) is 3.43. The minimum atomic E-state index is -0.159. The molecule has 0 saturated carbocycles. The Morgan fingerprint density at radius 3 is 2.59 bits per heavy atom. The number of anilines is 1. The molecule has 0 aliphatic carbocycles. The molecule has 176 valence electrons. The van der Waals surface area contributed by atoms with Crippen molar-refractivity contribution in [3.63, 3.8) is 0 Å². The van der Waals surface area contributed by atoms with Crippen molar-refractivity contribution in [2.45, 2.75) is 31.5 Å². The molecule has 4 aromatic rings. The van der Waals surface area contributed by atoms with Gasteiger partial charge in [-0.3, -0.25) is 4.79 Å². The summed E-state index contributed by atoms with van der Waals surface area (Å²) in [7, 11) is 1.86. The summed E-state index contributed by atoms with van der Waals surface area (Å²) in [6.07, 6.45) is 0. The minimum absolute atomic E-state index is 0.159. The number of nitrogens with one attached hydrogen (secondary N) is 1. The standard InChI is InChI=1S/C24H24ClN5O2S2/c1-15(2)16-6-10-19(11-7-16)32-12-21-28-29-24(30(21)3)34-14-22(31)27-23-26-20(13-33-23)17-4-8-18(25)9-5-17/h4-11,13,15H,12,14H2,1-3H3,(H,26,27,31). The number of hydrogen-bond donors (Lipinski definition) is 1. The molecule has 4 rings (SSSR count). The van der Waals surface area contributed by atoms with E-state index in [0.29, 0.717) is 33.7 Å². The van der Waals surface area contributed by atoms with Gasteiger partial charge in [0.25, 0.3) is 0 Å². The van der Waals surface area contributed by atoms with Gasteiger partial charge in [-0.2, -0.15) is 0 Å². The van der Waals surface area contributed by atoms with Gasteiger partial charge in [-0.25, -0.2) is 4.98 Å². The molecule has 0 radical (unpaired) electrons. The predicted octanol–water partition coefficient (Wildman–Crippen LogP) is 6.03. The van der Waals surface area contributed by atoms with Crippen molar-refractivity contribution < 1.29 is 9.53 Å². The largest absolute Gasteiger partial charge is 0.486 e. The van der Waals surface area contributed by atoms with Gasteiger partial charge in [-0.1, -0.05) is 61.5 Å². The van der Waals surface area contributed by atoms with E-state index in [9.17, 15) is 4.79 Å². The van der Waals surface area contributed by atoms with Gasteiger partial charge in [0.2, 0.25) is 5.91 Å². The second-order valence-corrected chi connectivity index (χ2v) is 10.1. The van der Waals surface area contributed by atoms with Crippen molar-refractivity contribution in [1.82, 2.24) is 19.7 Å². The zero-order valence-corrected chi connectivity index (χ0v) is 21.4. The molecule has 0 fully saturated rings. The van der Waals surface area contributed by atoms with Crippen molar-refractivity contribution in [3.05, 3.63) is 70.3 Å². The molecule has 2 heterocycles. The van der Waals surface area contributed by atoms with E-state index in [4.69, 9.17) is 16.3 Å². The van der Waals surface area contributed by atoms with E-state index in [1.54, 1.807) is 0 Å². The Morgan fingerprint density at radius 1 is 1.15 bits per heavy atom. The molecular formula is C24H24ClN5O2S2. The van der Waals surface area contributed by atoms with Crippen LogP contribution in [0.25, 0.3) is 11.3 Å². The van der Waals surface area contributed by atoms with E-state index < -0.39 is 0 Å². The molecule has 0 aliphatic rings. The van der Waals surface area contributed by atoms with Gasteiger partial charge in [0.1, 0.15) is 12.4 Å². The first kappa shape index (κ1) is 24.3. The second kappa shape index (κ2) is 11.0. The van der Waals surface area contributed by atoms with Crippen LogP contribution >= 0.6 is 34.7 Å². The SMILES string of the molecule is CC(C)c1ccc(OCc2nnc(SCC(=O)Nc3nc(-c4ccc(Cl)cc4)cs3)n2C)cc1. The fourth-order valence-electron chi connectivity index (χ4n) is 3.06. The van der Waals surface area contributed by atoms with Crippen LogP contribution in [0, 0.1) is 0 Å². The monoisotopic (exact) mass is 513 g/mol. The maximum atomic E-state index is 12.4. The Morgan fingerprint density at radius 2 is 1.88 bits per heavy atom. The number of benzene rings is 2. The van der Waals surface area contributed by atoms with Crippen molar-refractivity contribution >= 4 is 45.7 Å². The lowest BCUT2D eigenvalue weighted by molar-refractivity contribution is -0.113. The van der Waals surface area contributed by atoms with E-state index in [0.717, 1.165) is 17.0 Å². The molecule has 2 aromatic heterocycles. The summed E-state index contributed by atoms with van der Waals surface area (Å²) in [5.74, 6) is 1.98. The molecule has 0 bridgehead atoms. The van der Waals surface area contributed by atoms with Gasteiger partial charge in [-0.05, 0) is 35.7 Å². The van der Waals surface area contributed by atoms with Gasteiger partial charge in [0, 0.05) is 23.0 Å². The lowest BCUT2D eigenvalue weighted by atomic mass is 10.0. The van der Waals surface area contributed by atoms with E-state index in [-0.39, 0.29) is 11.7 Å². The highest BCUT2D eigenvalue weighted by atomic mass is 35.5. The van der Waals surface area contributed by atoms with E-state index in [1.165, 1.54) is 28.7 Å². The number of aromatic nitrogens is 4. The van der Waals surface area contributed by atoms with E-state index >= 15 is 0 Å². The summed E-state index contributed by atoms with van der Waals surface area (Å²) < 4.78 is 7.68. The number of nitrogens with zero attached hydrogens (tertiary/aromatic N) is 4. The minimum Gasteiger partial charge on any atom is -0.486 e. The molecule has 34 heavy (non-hydrogen) atoms. The molecule has 2 aromatic carbocycles. The Kier molecular flexibility index (Phi) is 7.87. The molecule has 1 amide bonds. The third kappa shape index (κ3) is 6.16. The average molecular weight is 514 g/mol. The zero-order valence-electron chi connectivity index (χ0n) is 19.0. The van der Waals surface area contributed by atoms with E-state index in [1.807, 2.05) is 53.4 Å². The zero-order chi connectivity index (χ0) is 24.1. The highest BCUT2D eigenvalue weighted by Gasteiger charge is 2.14. The molecule has 10 heteroatoms. The van der Waals surface area contributed by atoms with Crippen molar-refractivity contribution in [1.29, 1.82) is 0 Å². The number of hydrogen-bond acceptors (Lipinski definition) is 7. The van der Waals surface area contributed by atoms with Gasteiger partial charge in [-0.15, -0.1) is 21.5 Å². The molecule has 0 spiro atoms. The number of carbonyl (C=O) groups excluding carboxylic acids is 1. The van der Waals surface area contributed by atoms with Crippen molar-refractivity contribution in [2.75, 3.05) is 11.1 Å². The first-order chi connectivity index (χ1) is 16.4. The summed E-state index contributed by atoms with van der Waals surface area (Å²) in [5, 5.41) is 15.0. The summed E-state index contributed by atoms with van der Waals surface area (Å²) in [4.78, 5) is 16.9. The van der Waals surface area contributed by atoms with Gasteiger partial charge in [0.05, 0.1) is 11.4 Å². The molecule has 0 unspecified atom stereocenters. The van der Waals surface area contributed by atoms with Gasteiger partial charge >= 0.3 is 0 Å². The molecule has 1 N–H and O–H groups in total. The van der Waals surface area contributed by atoms with E-state index in [2.05, 4.69) is 46.5 Å². The maximum absolute atomic E-state index is 12.4. The molecule has 7 nitrogen and oxygen atoms in total. The highest BCUT2D eigenvalue weighted by molar-refractivity contribution is 7.99. The molecular weight excluding hydrogens is 490 g/mol. The second-order valence-electron chi connectivity index (χ2n) is 7.85. The topological polar surface area (TPSA) is 81.9 Å². The number of rotatable bonds is 9. The number of amides is 1. The number of thiazole rings is 1. The maximum Gasteiger partial charge on any atom is 0.236 e. The number of carbonyl (C=O) groups is 1. The third-order valence-electron chi connectivity index (χ3n) is 5.06. The first-order valence-electron chi connectivity index (χ1n) is 10.6. The highest BCUT2D eigenvalue weighted by Crippen LogP contribution is 2.26. The fraction of sp³-hybridized carbons (Fsp3) is 0.250. The molecule has 0 aliphatic heterocycles. The van der Waals surface area contributed by atoms with Crippen LogP contribution in [-0.4, -0.2) is 31.4 Å². The van der Waals surface area contributed by atoms with Gasteiger partial charge < -0.3 is 14.6 Å². The smallest absolute Gasteiger partial charge is 0.236 e. The third-order valence-corrected chi connectivity index (χ3v) is 7.09. The molecule has 0 atom stereocenters. The number of halogens is 1. The summed E-state index contributed by atoms with van der Waals surface area (Å²) in [6, 6.07) is 15.5. The van der Waals surface area contributed by atoms with Crippen LogP contribution in [0.4, 0.5) is 5.13 Å². The van der Waals surface area contributed by atoms with Crippen LogP contribution in [0.5, 0.6) is 5.75 Å². The lowest BCUT2D eigenvalue weighted by Gasteiger charge is -2.09. The summed E-state index contributed by atoms with van der Waals surface area (Å²) >= 11 is 8.62. The van der Waals surface area contributed by atoms with Crippen LogP contribution in [-0.2, 0) is 18.4 Å². The normalized spacial score (nSPS) is 11.1. The Labute approximate surface area is 211 Å². The van der Waals surface area contributed by atoms with Crippen molar-refractivity contribution in [3.8, 4) is 17.0 Å². The Balaban J connectivity index is 1.28. The Hall–Kier alpha value is -2.88. The van der Waals surface area contributed by atoms with Gasteiger partial charge in [0.15, 0.2) is 16.1 Å². The Bertz CT molecular complexity index is 1250. The predicted molar refractivity (Wildman–Crippen MR) is 138 cm³/mol. The van der Waals surface area contributed by atoms with Crippen LogP contribution < -0.4 is 10.1 Å². The molecule has 0 saturated heterocycles. The lowest BCUT2D eigenvalue weighted by Crippen LogP contribution is -2.14. The quantitative estimate of drug-likeness (QED) is 0.275. The summed E-state index contributed by atoms with van der Waals surface area (Å²) in [5.41, 5.74) is 3.00. The van der Waals surface area contributed by atoms with Crippen LogP contribution in [0.3, 0.4) is 0 Å². The van der Waals surface area contributed by atoms with Crippen molar-refractivity contribution in [2.24, 2.45) is 7.05 Å². The van der Waals surface area contributed by atoms with Crippen LogP contribution in [0.2, 0.25) is 5.02 Å². The van der Waals surface area contributed by atoms with Crippen LogP contribution in [0.15, 0.2) is 59.1 Å². The number of ether oxygens (including phenoxy) is 1. The fourth-order valence-corrected chi connectivity index (χ4v) is 4.65. The number of thioether (sulfide) groups is 1. The van der Waals surface area contributed by atoms with Crippen LogP contribution in [0.1, 0.15) is 31.2 Å². The first-order valence-corrected chi connectivity index (χ1v) is 12.9. The summed E-state index contributed by atoms with van der Waals surface area (Å²) in [6.45, 7) is 4.61.